The van der Waals surface area contributed by atoms with Crippen molar-refractivity contribution in [3.63, 3.8) is 0 Å². The molecule has 0 amide bonds. The third kappa shape index (κ3) is 1.59. The summed E-state index contributed by atoms with van der Waals surface area (Å²) < 4.78 is 6.83. The Morgan fingerprint density at radius 1 is 1.46 bits per heavy atom. The lowest BCUT2D eigenvalue weighted by Gasteiger charge is -2.11. The first-order valence-electron chi connectivity index (χ1n) is 4.36. The number of hydrogen-bond acceptors (Lipinski definition) is 2. The zero-order valence-corrected chi connectivity index (χ0v) is 8.55. The molecule has 1 aromatic rings. The van der Waals surface area contributed by atoms with E-state index < -0.39 is 0 Å². The number of aryl methyl sites for hydroxylation is 1. The van der Waals surface area contributed by atoms with Crippen LogP contribution in [0, 0.1) is 13.8 Å². The summed E-state index contributed by atoms with van der Waals surface area (Å²) in [6.45, 7) is 6.36. The minimum Gasteiger partial charge on any atom is -0.496 e. The van der Waals surface area contributed by atoms with Crippen LogP contribution in [0.4, 0.5) is 0 Å². The predicted molar refractivity (Wildman–Crippen MR) is 52.4 cm³/mol. The molecule has 0 atom stereocenters. The second-order valence-electron chi connectivity index (χ2n) is 3.03. The monoisotopic (exact) mass is 181 g/mol. The molecule has 0 saturated carbocycles. The molecule has 0 radical (unpaired) electrons. The molecule has 0 saturated heterocycles. The number of ether oxygens (including phenoxy) is 1. The molecule has 0 aromatic carbocycles. The van der Waals surface area contributed by atoms with Crippen molar-refractivity contribution in [3.05, 3.63) is 27.7 Å². The highest BCUT2D eigenvalue weighted by Gasteiger charge is 2.07. The van der Waals surface area contributed by atoms with E-state index in [2.05, 4.69) is 0 Å². The molecule has 0 aliphatic rings. The van der Waals surface area contributed by atoms with Crippen molar-refractivity contribution in [2.24, 2.45) is 0 Å². The molecule has 0 N–H and O–H groups in total. The van der Waals surface area contributed by atoms with Crippen LogP contribution in [0.1, 0.15) is 18.2 Å². The van der Waals surface area contributed by atoms with Crippen molar-refractivity contribution in [2.45, 2.75) is 27.3 Å². The van der Waals surface area contributed by atoms with Gasteiger partial charge in [-0.05, 0) is 26.8 Å². The van der Waals surface area contributed by atoms with Gasteiger partial charge in [-0.1, -0.05) is 0 Å². The lowest BCUT2D eigenvalue weighted by molar-refractivity contribution is 0.407. The highest BCUT2D eigenvalue weighted by molar-refractivity contribution is 5.32. The smallest absolute Gasteiger partial charge is 0.257 e. The summed E-state index contributed by atoms with van der Waals surface area (Å²) in [5.74, 6) is 0.673. The topological polar surface area (TPSA) is 31.2 Å². The molecule has 1 rings (SSSR count). The maximum atomic E-state index is 11.7. The van der Waals surface area contributed by atoms with Gasteiger partial charge in [0.15, 0.2) is 0 Å². The zero-order chi connectivity index (χ0) is 10.0. The van der Waals surface area contributed by atoms with E-state index in [-0.39, 0.29) is 5.56 Å². The number of pyridine rings is 1. The van der Waals surface area contributed by atoms with Gasteiger partial charge in [0.25, 0.3) is 5.56 Å². The van der Waals surface area contributed by atoms with Crippen molar-refractivity contribution >= 4 is 0 Å². The molecule has 0 aliphatic carbocycles. The molecule has 0 unspecified atom stereocenters. The highest BCUT2D eigenvalue weighted by Crippen LogP contribution is 2.14. The van der Waals surface area contributed by atoms with E-state index in [4.69, 9.17) is 4.74 Å². The molecular formula is C10H15NO2. The average Bonchev–Trinajstić information content (AvgIpc) is 2.12. The first-order valence-corrected chi connectivity index (χ1v) is 4.36. The van der Waals surface area contributed by atoms with Crippen LogP contribution in [-0.2, 0) is 6.54 Å². The van der Waals surface area contributed by atoms with Crippen molar-refractivity contribution in [3.8, 4) is 5.75 Å². The summed E-state index contributed by atoms with van der Waals surface area (Å²) in [6, 6.07) is 1.89. The fourth-order valence-corrected chi connectivity index (χ4v) is 1.45. The van der Waals surface area contributed by atoms with Gasteiger partial charge in [-0.25, -0.2) is 0 Å². The lowest BCUT2D eigenvalue weighted by Crippen LogP contribution is -2.23. The quantitative estimate of drug-likeness (QED) is 0.692. The first-order chi connectivity index (χ1) is 6.11. The third-order valence-electron chi connectivity index (χ3n) is 2.24. The molecular weight excluding hydrogens is 166 g/mol. The van der Waals surface area contributed by atoms with Crippen LogP contribution >= 0.6 is 0 Å². The lowest BCUT2D eigenvalue weighted by atomic mass is 10.2. The van der Waals surface area contributed by atoms with Gasteiger partial charge < -0.3 is 9.30 Å². The third-order valence-corrected chi connectivity index (χ3v) is 2.24. The average molecular weight is 181 g/mol. The van der Waals surface area contributed by atoms with Crippen LogP contribution in [0.5, 0.6) is 5.75 Å². The Labute approximate surface area is 78.0 Å². The molecule has 0 aliphatic heterocycles. The van der Waals surface area contributed by atoms with Crippen LogP contribution in [0.15, 0.2) is 10.9 Å². The minimum atomic E-state index is 0.0411. The van der Waals surface area contributed by atoms with Crippen LogP contribution in [0.2, 0.25) is 0 Å². The summed E-state index contributed by atoms with van der Waals surface area (Å²) >= 11 is 0. The zero-order valence-electron chi connectivity index (χ0n) is 8.55. The summed E-state index contributed by atoms with van der Waals surface area (Å²) in [7, 11) is 1.58. The molecule has 1 heterocycles. The van der Waals surface area contributed by atoms with Gasteiger partial charge in [0.05, 0.1) is 12.7 Å². The van der Waals surface area contributed by atoms with Gasteiger partial charge in [0.2, 0.25) is 0 Å². The van der Waals surface area contributed by atoms with Crippen molar-refractivity contribution in [1.29, 1.82) is 0 Å². The molecule has 0 fully saturated rings. The fraction of sp³-hybridized carbons (Fsp3) is 0.500. The molecule has 72 valence electrons. The number of methoxy groups -OCH3 is 1. The normalized spacial score (nSPS) is 10.2. The molecule has 13 heavy (non-hydrogen) atoms. The Balaban J connectivity index is 3.46. The van der Waals surface area contributed by atoms with Gasteiger partial charge in [0, 0.05) is 12.2 Å². The van der Waals surface area contributed by atoms with Gasteiger partial charge in [-0.3, -0.25) is 4.79 Å². The van der Waals surface area contributed by atoms with Crippen molar-refractivity contribution < 1.29 is 4.74 Å². The summed E-state index contributed by atoms with van der Waals surface area (Å²) in [5, 5.41) is 0. The first kappa shape index (κ1) is 9.84. The van der Waals surface area contributed by atoms with Gasteiger partial charge in [-0.15, -0.1) is 0 Å². The maximum Gasteiger partial charge on any atom is 0.257 e. The molecule has 0 bridgehead atoms. The predicted octanol–water partition coefficient (Wildman–Crippen LogP) is 1.49. The highest BCUT2D eigenvalue weighted by atomic mass is 16.5. The van der Waals surface area contributed by atoms with E-state index in [1.807, 2.05) is 19.9 Å². The van der Waals surface area contributed by atoms with E-state index in [0.29, 0.717) is 17.9 Å². The SMILES string of the molecule is CCn1c(C)cc(OC)c(C)c1=O. The number of hydrogen-bond donors (Lipinski definition) is 0. The van der Waals surface area contributed by atoms with Crippen LogP contribution in [0.25, 0.3) is 0 Å². The van der Waals surface area contributed by atoms with E-state index in [0.717, 1.165) is 5.69 Å². The second-order valence-corrected chi connectivity index (χ2v) is 3.03. The van der Waals surface area contributed by atoms with Crippen LogP contribution in [-0.4, -0.2) is 11.7 Å². The molecule has 3 nitrogen and oxygen atoms in total. The summed E-state index contributed by atoms with van der Waals surface area (Å²) in [5.41, 5.74) is 1.66. The Morgan fingerprint density at radius 3 is 2.54 bits per heavy atom. The number of aromatic nitrogens is 1. The van der Waals surface area contributed by atoms with Gasteiger partial charge >= 0.3 is 0 Å². The van der Waals surface area contributed by atoms with Crippen LogP contribution < -0.4 is 10.3 Å². The van der Waals surface area contributed by atoms with Crippen molar-refractivity contribution in [2.75, 3.05) is 7.11 Å². The minimum absolute atomic E-state index is 0.0411. The standard InChI is InChI=1S/C10H15NO2/c1-5-11-7(2)6-9(13-4)8(3)10(11)12/h6H,5H2,1-4H3. The van der Waals surface area contributed by atoms with Crippen LogP contribution in [0.3, 0.4) is 0 Å². The summed E-state index contributed by atoms with van der Waals surface area (Å²) in [4.78, 5) is 11.7. The van der Waals surface area contributed by atoms with Gasteiger partial charge in [0.1, 0.15) is 5.75 Å². The van der Waals surface area contributed by atoms with Gasteiger partial charge in [-0.2, -0.15) is 0 Å². The Hall–Kier alpha value is -1.25. The largest absolute Gasteiger partial charge is 0.496 e. The van der Waals surface area contributed by atoms with E-state index >= 15 is 0 Å². The molecule has 0 spiro atoms. The van der Waals surface area contributed by atoms with Crippen molar-refractivity contribution in [1.82, 2.24) is 4.57 Å². The maximum absolute atomic E-state index is 11.7. The Bertz CT molecular complexity index is 366. The molecule has 3 heteroatoms. The van der Waals surface area contributed by atoms with E-state index in [1.54, 1.807) is 18.6 Å². The number of nitrogens with zero attached hydrogens (tertiary/aromatic N) is 1. The van der Waals surface area contributed by atoms with E-state index in [1.165, 1.54) is 0 Å². The Morgan fingerprint density at radius 2 is 2.08 bits per heavy atom. The fourth-order valence-electron chi connectivity index (χ4n) is 1.45. The summed E-state index contributed by atoms with van der Waals surface area (Å²) in [6.07, 6.45) is 0. The second kappa shape index (κ2) is 3.64. The number of rotatable bonds is 2. The molecule has 1 aromatic heterocycles. The van der Waals surface area contributed by atoms with E-state index in [9.17, 15) is 4.79 Å². The Kier molecular flexibility index (Phi) is 2.76.